The number of hydrogen-bond acceptors (Lipinski definition) is 2. The van der Waals surface area contributed by atoms with Gasteiger partial charge in [0, 0.05) is 11.8 Å². The van der Waals surface area contributed by atoms with Crippen molar-refractivity contribution in [2.45, 2.75) is 52.4 Å². The van der Waals surface area contributed by atoms with E-state index in [1.807, 2.05) is 6.92 Å². The van der Waals surface area contributed by atoms with Gasteiger partial charge < -0.3 is 0 Å². The Morgan fingerprint density at radius 1 is 1.10 bits per heavy atom. The summed E-state index contributed by atoms with van der Waals surface area (Å²) in [4.78, 5) is 15.5. The SMILES string of the molecule is CCC1CCC[P+](O)(c2c(C(F)(F)F)cc(C)c(-c3cc(C)ccn3)c2C(F)(F)F)C1. The first-order chi connectivity index (χ1) is 14.3. The largest absolute Gasteiger partial charge is 0.420 e. The van der Waals surface area contributed by atoms with E-state index in [0.29, 0.717) is 24.8 Å². The van der Waals surface area contributed by atoms with Crippen LogP contribution in [-0.4, -0.2) is 22.2 Å². The van der Waals surface area contributed by atoms with E-state index in [-0.39, 0.29) is 35.1 Å². The minimum Gasteiger partial charge on any atom is -0.256 e. The van der Waals surface area contributed by atoms with Crippen molar-refractivity contribution in [3.8, 4) is 11.3 Å². The van der Waals surface area contributed by atoms with Gasteiger partial charge in [0.05, 0.1) is 18.0 Å². The minimum absolute atomic E-state index is 0.0284. The van der Waals surface area contributed by atoms with E-state index in [1.54, 1.807) is 13.0 Å². The Hall–Kier alpha value is -1.66. The number of rotatable bonds is 3. The topological polar surface area (TPSA) is 33.1 Å². The molecule has 31 heavy (non-hydrogen) atoms. The molecule has 0 amide bonds. The third kappa shape index (κ3) is 4.75. The third-order valence-electron chi connectivity index (χ3n) is 5.95. The van der Waals surface area contributed by atoms with Crippen LogP contribution in [0.5, 0.6) is 0 Å². The van der Waals surface area contributed by atoms with Crippen LogP contribution in [0.25, 0.3) is 11.3 Å². The van der Waals surface area contributed by atoms with E-state index in [4.69, 9.17) is 0 Å². The van der Waals surface area contributed by atoms with Crippen molar-refractivity contribution >= 4 is 12.8 Å². The smallest absolute Gasteiger partial charge is 0.256 e. The average Bonchev–Trinajstić information content (AvgIpc) is 2.65. The van der Waals surface area contributed by atoms with Gasteiger partial charge in [0.1, 0.15) is 16.4 Å². The van der Waals surface area contributed by atoms with Gasteiger partial charge in [-0.1, -0.05) is 6.92 Å². The van der Waals surface area contributed by atoms with Crippen molar-refractivity contribution < 1.29 is 31.2 Å². The lowest BCUT2D eigenvalue weighted by Gasteiger charge is -2.33. The lowest BCUT2D eigenvalue weighted by atomic mass is 9.94. The Bertz CT molecular complexity index is 972. The zero-order valence-electron chi connectivity index (χ0n) is 17.5. The molecule has 1 aliphatic heterocycles. The Morgan fingerprint density at radius 2 is 1.77 bits per heavy atom. The predicted molar refractivity (Wildman–Crippen MR) is 111 cm³/mol. The average molecular weight is 464 g/mol. The molecule has 0 saturated carbocycles. The molecule has 170 valence electrons. The summed E-state index contributed by atoms with van der Waals surface area (Å²) in [7, 11) is -3.70. The van der Waals surface area contributed by atoms with E-state index >= 15 is 0 Å². The summed E-state index contributed by atoms with van der Waals surface area (Å²) in [5, 5.41) is -0.949. The highest BCUT2D eigenvalue weighted by Crippen LogP contribution is 2.63. The molecule has 2 heterocycles. The fourth-order valence-corrected chi connectivity index (χ4v) is 8.41. The van der Waals surface area contributed by atoms with Gasteiger partial charge in [0.25, 0.3) is 0 Å². The number of halogens is 6. The Balaban J connectivity index is 2.45. The molecule has 2 nitrogen and oxygen atoms in total. The van der Waals surface area contributed by atoms with Crippen LogP contribution in [0.4, 0.5) is 26.3 Å². The van der Waals surface area contributed by atoms with Gasteiger partial charge >= 0.3 is 12.4 Å². The first-order valence-electron chi connectivity index (χ1n) is 10.1. The first-order valence-corrected chi connectivity index (χ1v) is 12.2. The highest BCUT2D eigenvalue weighted by molar-refractivity contribution is 7.78. The van der Waals surface area contributed by atoms with E-state index in [2.05, 4.69) is 4.98 Å². The molecule has 1 saturated heterocycles. The third-order valence-corrected chi connectivity index (χ3v) is 9.43. The molecule has 1 aliphatic rings. The molecule has 2 unspecified atom stereocenters. The second-order valence-corrected chi connectivity index (χ2v) is 11.4. The van der Waals surface area contributed by atoms with Gasteiger partial charge in [-0.15, -0.1) is 0 Å². The van der Waals surface area contributed by atoms with Crippen molar-refractivity contribution in [2.75, 3.05) is 12.3 Å². The molecule has 1 aromatic heterocycles. The number of hydrogen-bond donors (Lipinski definition) is 1. The maximum absolute atomic E-state index is 14.5. The number of aromatic nitrogens is 1. The molecule has 1 fully saturated rings. The summed E-state index contributed by atoms with van der Waals surface area (Å²) >= 11 is 0. The maximum atomic E-state index is 14.5. The van der Waals surface area contributed by atoms with E-state index in [0.717, 1.165) is 6.07 Å². The number of pyridine rings is 1. The van der Waals surface area contributed by atoms with Gasteiger partial charge in [-0.25, -0.2) is 4.89 Å². The summed E-state index contributed by atoms with van der Waals surface area (Å²) < 4.78 is 85.4. The molecular formula is C22H25F6NOP+. The second-order valence-electron chi connectivity index (χ2n) is 8.30. The van der Waals surface area contributed by atoms with E-state index in [1.165, 1.54) is 19.2 Å². The number of benzene rings is 1. The van der Waals surface area contributed by atoms with Crippen LogP contribution in [0.1, 0.15) is 48.4 Å². The van der Waals surface area contributed by atoms with E-state index in [9.17, 15) is 31.2 Å². The molecule has 2 aromatic rings. The molecular weight excluding hydrogens is 439 g/mol. The van der Waals surface area contributed by atoms with Crippen LogP contribution in [0.15, 0.2) is 24.4 Å². The fourth-order valence-electron chi connectivity index (χ4n) is 4.52. The van der Waals surface area contributed by atoms with Crippen LogP contribution in [0.3, 0.4) is 0 Å². The summed E-state index contributed by atoms with van der Waals surface area (Å²) in [6.45, 7) is 4.74. The molecule has 9 heteroatoms. The number of alkyl halides is 6. The van der Waals surface area contributed by atoms with Crippen molar-refractivity contribution in [1.82, 2.24) is 4.98 Å². The molecule has 2 atom stereocenters. The standard InChI is InChI=1S/C22H25F6NOP/c1-4-15-6-5-9-31(30,12-15)20-16(21(23,24)25)11-14(3)18(19(20)22(26,27)28)17-10-13(2)7-8-29-17/h7-8,10-11,15,30H,4-6,9,12H2,1-3H3/q+1. The van der Waals surface area contributed by atoms with Crippen molar-refractivity contribution in [3.63, 3.8) is 0 Å². The van der Waals surface area contributed by atoms with E-state index < -0.39 is 36.3 Å². The maximum Gasteiger partial charge on any atom is 0.420 e. The lowest BCUT2D eigenvalue weighted by Crippen LogP contribution is -2.36. The van der Waals surface area contributed by atoms with Crippen LogP contribution >= 0.6 is 7.49 Å². The first kappa shape index (κ1) is 24.0. The van der Waals surface area contributed by atoms with Gasteiger partial charge in [-0.05, 0) is 68.4 Å². The lowest BCUT2D eigenvalue weighted by molar-refractivity contribution is -0.141. The Labute approximate surface area is 178 Å². The van der Waals surface area contributed by atoms with Crippen molar-refractivity contribution in [1.29, 1.82) is 0 Å². The van der Waals surface area contributed by atoms with Gasteiger partial charge in [0.2, 0.25) is 0 Å². The minimum atomic E-state index is -5.09. The molecule has 0 bridgehead atoms. The fraction of sp³-hybridized carbons (Fsp3) is 0.500. The zero-order valence-corrected chi connectivity index (χ0v) is 18.4. The molecule has 0 radical (unpaired) electrons. The zero-order chi connectivity index (χ0) is 23.2. The van der Waals surface area contributed by atoms with Crippen LogP contribution in [0, 0.1) is 19.8 Å². The van der Waals surface area contributed by atoms with Gasteiger partial charge in [-0.2, -0.15) is 26.3 Å². The Kier molecular flexibility index (Phi) is 6.47. The Morgan fingerprint density at radius 3 is 2.32 bits per heavy atom. The molecule has 0 aliphatic carbocycles. The summed E-state index contributed by atoms with van der Waals surface area (Å²) in [6, 6.07) is 3.77. The highest BCUT2D eigenvalue weighted by Gasteiger charge is 2.56. The molecule has 0 spiro atoms. The molecule has 3 rings (SSSR count). The quantitative estimate of drug-likeness (QED) is 0.402. The van der Waals surface area contributed by atoms with Crippen molar-refractivity contribution in [3.05, 3.63) is 46.6 Å². The summed E-state index contributed by atoms with van der Waals surface area (Å²) in [6.07, 6.45) is -7.14. The van der Waals surface area contributed by atoms with Crippen molar-refractivity contribution in [2.24, 2.45) is 5.92 Å². The van der Waals surface area contributed by atoms with Crippen LogP contribution < -0.4 is 5.30 Å². The number of nitrogens with zero attached hydrogens (tertiary/aromatic N) is 1. The normalized spacial score (nSPS) is 22.6. The molecule has 1 aromatic carbocycles. The summed E-state index contributed by atoms with van der Waals surface area (Å²) in [5.41, 5.74) is -2.72. The van der Waals surface area contributed by atoms with Gasteiger partial charge in [0.15, 0.2) is 7.49 Å². The number of aryl methyl sites for hydroxylation is 2. The summed E-state index contributed by atoms with van der Waals surface area (Å²) in [5.74, 6) is -0.101. The predicted octanol–water partition coefficient (Wildman–Crippen LogP) is 6.77. The highest BCUT2D eigenvalue weighted by atomic mass is 31.2. The molecule has 1 N–H and O–H groups in total. The monoisotopic (exact) mass is 464 g/mol. The van der Waals surface area contributed by atoms with Gasteiger partial charge in [-0.3, -0.25) is 4.98 Å². The second kappa shape index (κ2) is 8.36. The van der Waals surface area contributed by atoms with Crippen LogP contribution in [-0.2, 0) is 12.4 Å². The van der Waals surface area contributed by atoms with Crippen LogP contribution in [0.2, 0.25) is 0 Å².